The van der Waals surface area contributed by atoms with Gasteiger partial charge >= 0.3 is 5.97 Å². The van der Waals surface area contributed by atoms with Crippen molar-refractivity contribution in [1.29, 1.82) is 0 Å². The van der Waals surface area contributed by atoms with Crippen molar-refractivity contribution in [2.45, 2.75) is 62.8 Å². The van der Waals surface area contributed by atoms with Crippen molar-refractivity contribution < 1.29 is 17.9 Å². The van der Waals surface area contributed by atoms with Gasteiger partial charge in [0, 0.05) is 12.5 Å². The van der Waals surface area contributed by atoms with Gasteiger partial charge in [-0.2, -0.15) is 0 Å². The fourth-order valence-electron chi connectivity index (χ4n) is 3.26. The van der Waals surface area contributed by atoms with Gasteiger partial charge in [-0.3, -0.25) is 4.79 Å². The Hall–Kier alpha value is -1.89. The van der Waals surface area contributed by atoms with E-state index in [1.807, 2.05) is 24.3 Å². The van der Waals surface area contributed by atoms with Crippen LogP contribution in [-0.2, 0) is 26.0 Å². The first-order valence-corrected chi connectivity index (χ1v) is 12.2. The van der Waals surface area contributed by atoms with Gasteiger partial charge < -0.3 is 4.74 Å². The molecule has 1 unspecified atom stereocenters. The first-order valence-electron chi connectivity index (χ1n) is 10.3. The van der Waals surface area contributed by atoms with Gasteiger partial charge in [-0.15, -0.1) is 0 Å². The van der Waals surface area contributed by atoms with E-state index in [0.29, 0.717) is 19.3 Å². The molecule has 0 bridgehead atoms. The van der Waals surface area contributed by atoms with Gasteiger partial charge in [-0.25, -0.2) is 13.1 Å². The number of hydrogen-bond donors (Lipinski definition) is 1. The minimum atomic E-state index is -3.75. The third-order valence-corrected chi connectivity index (χ3v) is 6.95. The van der Waals surface area contributed by atoms with Gasteiger partial charge in [0.1, 0.15) is 4.90 Å². The van der Waals surface area contributed by atoms with E-state index in [1.165, 1.54) is 13.2 Å². The molecule has 0 spiro atoms. The van der Waals surface area contributed by atoms with E-state index in [2.05, 4.69) is 16.4 Å². The molecule has 7 heteroatoms. The number of aryl methyl sites for hydroxylation is 1. The molecule has 30 heavy (non-hydrogen) atoms. The van der Waals surface area contributed by atoms with Crippen molar-refractivity contribution in [3.05, 3.63) is 64.7 Å². The number of sulfonamides is 1. The first-order chi connectivity index (χ1) is 14.4. The molecule has 0 radical (unpaired) electrons. The summed E-state index contributed by atoms with van der Waals surface area (Å²) >= 11 is 6.11. The Morgan fingerprint density at radius 2 is 1.77 bits per heavy atom. The summed E-state index contributed by atoms with van der Waals surface area (Å²) in [6.45, 7) is 2.12. The summed E-state index contributed by atoms with van der Waals surface area (Å²) in [6.07, 6.45) is 5.59. The van der Waals surface area contributed by atoms with Crippen molar-refractivity contribution in [2.24, 2.45) is 0 Å². The minimum Gasteiger partial charge on any atom is -0.469 e. The highest BCUT2D eigenvalue weighted by atomic mass is 35.5. The Kier molecular flexibility index (Phi) is 9.82. The number of rotatable bonds is 12. The van der Waals surface area contributed by atoms with Crippen molar-refractivity contribution in [2.75, 3.05) is 7.11 Å². The third-order valence-electron chi connectivity index (χ3n) is 4.98. The average Bonchev–Trinajstić information content (AvgIpc) is 2.73. The highest BCUT2D eigenvalue weighted by molar-refractivity contribution is 7.89. The first kappa shape index (κ1) is 24.4. The SMILES string of the molecule is CCCCCC(NS(=O)(=O)c1ccccc1Cl)c1ccc(CCCC(=O)OC)cc1. The van der Waals surface area contributed by atoms with E-state index in [9.17, 15) is 13.2 Å². The van der Waals surface area contributed by atoms with Crippen LogP contribution >= 0.6 is 11.6 Å². The highest BCUT2D eigenvalue weighted by Gasteiger charge is 2.23. The molecule has 0 aliphatic carbocycles. The summed E-state index contributed by atoms with van der Waals surface area (Å²) in [6, 6.07) is 14.0. The molecule has 2 aromatic rings. The van der Waals surface area contributed by atoms with Crippen LogP contribution < -0.4 is 4.72 Å². The molecule has 164 valence electrons. The summed E-state index contributed by atoms with van der Waals surface area (Å²) in [5, 5.41) is 0.207. The molecular formula is C23H30ClNO4S. The largest absolute Gasteiger partial charge is 0.469 e. The maximum absolute atomic E-state index is 12.9. The number of methoxy groups -OCH3 is 1. The Balaban J connectivity index is 2.14. The fourth-order valence-corrected chi connectivity index (χ4v) is 5.04. The minimum absolute atomic E-state index is 0.0894. The molecule has 0 amide bonds. The van der Waals surface area contributed by atoms with E-state index in [4.69, 9.17) is 11.6 Å². The number of esters is 1. The van der Waals surface area contributed by atoms with Gasteiger partial charge in [-0.05, 0) is 42.5 Å². The predicted molar refractivity (Wildman–Crippen MR) is 120 cm³/mol. The zero-order valence-corrected chi connectivity index (χ0v) is 19.1. The summed E-state index contributed by atoms with van der Waals surface area (Å²) in [5.74, 6) is -0.211. The monoisotopic (exact) mass is 451 g/mol. The van der Waals surface area contributed by atoms with Gasteiger partial charge in [0.25, 0.3) is 0 Å². The third kappa shape index (κ3) is 7.42. The van der Waals surface area contributed by atoms with E-state index in [0.717, 1.165) is 36.8 Å². The summed E-state index contributed by atoms with van der Waals surface area (Å²) in [5.41, 5.74) is 2.02. The van der Waals surface area contributed by atoms with Crippen molar-refractivity contribution >= 4 is 27.6 Å². The number of nitrogens with one attached hydrogen (secondary N) is 1. The van der Waals surface area contributed by atoms with E-state index in [1.54, 1.807) is 18.2 Å². The molecule has 1 atom stereocenters. The molecule has 0 heterocycles. The molecule has 0 aromatic heterocycles. The lowest BCUT2D eigenvalue weighted by Crippen LogP contribution is -2.29. The topological polar surface area (TPSA) is 72.5 Å². The second-order valence-electron chi connectivity index (χ2n) is 7.27. The lowest BCUT2D eigenvalue weighted by Gasteiger charge is -2.20. The van der Waals surface area contributed by atoms with Crippen LogP contribution in [-0.4, -0.2) is 21.5 Å². The number of ether oxygens (including phenoxy) is 1. The number of unbranched alkanes of at least 4 members (excludes halogenated alkanes) is 2. The number of carbonyl (C=O) groups excluding carboxylic acids is 1. The quantitative estimate of drug-likeness (QED) is 0.344. The van der Waals surface area contributed by atoms with Crippen molar-refractivity contribution in [1.82, 2.24) is 4.72 Å². The molecule has 5 nitrogen and oxygen atoms in total. The second-order valence-corrected chi connectivity index (χ2v) is 9.36. The second kappa shape index (κ2) is 12.1. The molecule has 0 fully saturated rings. The van der Waals surface area contributed by atoms with E-state index in [-0.39, 0.29) is 21.9 Å². The zero-order valence-electron chi connectivity index (χ0n) is 17.6. The van der Waals surface area contributed by atoms with Crippen LogP contribution in [0.15, 0.2) is 53.4 Å². The summed E-state index contributed by atoms with van der Waals surface area (Å²) in [4.78, 5) is 11.3. The van der Waals surface area contributed by atoms with Gasteiger partial charge in [0.2, 0.25) is 10.0 Å². The molecule has 0 aliphatic rings. The molecule has 2 rings (SSSR count). The molecule has 0 saturated carbocycles. The van der Waals surface area contributed by atoms with Crippen LogP contribution in [0.2, 0.25) is 5.02 Å². The smallest absolute Gasteiger partial charge is 0.305 e. The fraction of sp³-hybridized carbons (Fsp3) is 0.435. The standard InChI is InChI=1S/C23H30ClNO4S/c1-3-4-5-11-21(25-30(27,28)22-12-7-6-10-20(22)24)19-16-14-18(15-17-19)9-8-13-23(26)29-2/h6-7,10,12,14-17,21,25H,3-5,8-9,11,13H2,1-2H3. The Morgan fingerprint density at radius 1 is 1.07 bits per heavy atom. The maximum atomic E-state index is 12.9. The van der Waals surface area contributed by atoms with Gasteiger partial charge in [-0.1, -0.05) is 74.2 Å². The molecule has 1 N–H and O–H groups in total. The lowest BCUT2D eigenvalue weighted by atomic mass is 9.99. The van der Waals surface area contributed by atoms with Crippen LogP contribution in [0.1, 0.15) is 62.6 Å². The van der Waals surface area contributed by atoms with E-state index < -0.39 is 10.0 Å². The zero-order chi connectivity index (χ0) is 22.0. The summed E-state index contributed by atoms with van der Waals surface area (Å²) < 4.78 is 33.4. The Labute approximate surface area is 184 Å². The molecular weight excluding hydrogens is 422 g/mol. The van der Waals surface area contributed by atoms with Crippen molar-refractivity contribution in [3.8, 4) is 0 Å². The predicted octanol–water partition coefficient (Wildman–Crippen LogP) is 5.44. The Morgan fingerprint density at radius 3 is 2.40 bits per heavy atom. The highest BCUT2D eigenvalue weighted by Crippen LogP contribution is 2.26. The van der Waals surface area contributed by atoms with Gasteiger partial charge in [0.15, 0.2) is 0 Å². The normalized spacial score (nSPS) is 12.5. The van der Waals surface area contributed by atoms with Crippen LogP contribution in [0.25, 0.3) is 0 Å². The Bertz CT molecular complexity index is 913. The molecule has 0 saturated heterocycles. The van der Waals surface area contributed by atoms with Crippen LogP contribution in [0.4, 0.5) is 0 Å². The number of hydrogen-bond acceptors (Lipinski definition) is 4. The summed E-state index contributed by atoms with van der Waals surface area (Å²) in [7, 11) is -2.36. The van der Waals surface area contributed by atoms with E-state index >= 15 is 0 Å². The lowest BCUT2D eigenvalue weighted by molar-refractivity contribution is -0.140. The molecule has 0 aliphatic heterocycles. The van der Waals surface area contributed by atoms with Crippen molar-refractivity contribution in [3.63, 3.8) is 0 Å². The van der Waals surface area contributed by atoms with Crippen LogP contribution in [0, 0.1) is 0 Å². The average molecular weight is 452 g/mol. The van der Waals surface area contributed by atoms with Crippen LogP contribution in [0.5, 0.6) is 0 Å². The van der Waals surface area contributed by atoms with Crippen LogP contribution in [0.3, 0.4) is 0 Å². The number of carbonyl (C=O) groups is 1. The maximum Gasteiger partial charge on any atom is 0.305 e. The molecule has 2 aromatic carbocycles. The number of halogens is 1. The van der Waals surface area contributed by atoms with Gasteiger partial charge in [0.05, 0.1) is 12.1 Å². The number of benzene rings is 2.